The van der Waals surface area contributed by atoms with Crippen LogP contribution in [0.25, 0.3) is 10.9 Å². The van der Waals surface area contributed by atoms with Crippen LogP contribution in [0.3, 0.4) is 0 Å². The van der Waals surface area contributed by atoms with E-state index in [2.05, 4.69) is 0 Å². The Labute approximate surface area is 147 Å². The number of benzene rings is 1. The van der Waals surface area contributed by atoms with E-state index in [1.54, 1.807) is 19.0 Å². The van der Waals surface area contributed by atoms with Crippen molar-refractivity contribution < 1.29 is 23.4 Å². The molecule has 0 atom stereocenters. The van der Waals surface area contributed by atoms with Gasteiger partial charge in [0.1, 0.15) is 12.2 Å². The zero-order chi connectivity index (χ0) is 19.2. The second-order valence-corrected chi connectivity index (χ2v) is 6.56. The molecule has 2 aromatic rings. The van der Waals surface area contributed by atoms with Crippen molar-refractivity contribution in [3.8, 4) is 5.75 Å². The second kappa shape index (κ2) is 6.56. The maximum Gasteiger partial charge on any atom is 0.341 e. The van der Waals surface area contributed by atoms with Crippen molar-refractivity contribution in [2.45, 2.75) is 18.9 Å². The molecule has 1 fully saturated rings. The van der Waals surface area contributed by atoms with Gasteiger partial charge in [0.15, 0.2) is 17.4 Å². The molecule has 1 aliphatic carbocycles. The Kier molecular flexibility index (Phi) is 4.57. The van der Waals surface area contributed by atoms with Crippen LogP contribution in [0.5, 0.6) is 5.75 Å². The predicted octanol–water partition coefficient (Wildman–Crippen LogP) is 1.84. The Balaban J connectivity index is 2.28. The predicted molar refractivity (Wildman–Crippen MR) is 91.8 cm³/mol. The first-order chi connectivity index (χ1) is 12.2. The molecule has 0 saturated heterocycles. The second-order valence-electron chi connectivity index (χ2n) is 6.56. The van der Waals surface area contributed by atoms with Gasteiger partial charge in [-0.15, -0.1) is 0 Å². The van der Waals surface area contributed by atoms with Gasteiger partial charge in [0, 0.05) is 18.8 Å². The summed E-state index contributed by atoms with van der Waals surface area (Å²) >= 11 is 0. The highest BCUT2D eigenvalue weighted by Gasteiger charge is 2.32. The van der Waals surface area contributed by atoms with Gasteiger partial charge in [-0.1, -0.05) is 0 Å². The van der Waals surface area contributed by atoms with Crippen LogP contribution in [0.15, 0.2) is 11.0 Å². The normalized spacial score (nSPS) is 14.2. The summed E-state index contributed by atoms with van der Waals surface area (Å²) in [7, 11) is 3.56. The summed E-state index contributed by atoms with van der Waals surface area (Å²) < 4.78 is 36.2. The van der Waals surface area contributed by atoms with Gasteiger partial charge in [-0.2, -0.15) is 0 Å². The van der Waals surface area contributed by atoms with Crippen LogP contribution in [0.4, 0.5) is 14.5 Å². The number of nitrogens with zero attached hydrogens (tertiary/aromatic N) is 2. The van der Waals surface area contributed by atoms with Crippen LogP contribution in [-0.2, 0) is 0 Å². The Morgan fingerprint density at radius 2 is 2.04 bits per heavy atom. The van der Waals surface area contributed by atoms with E-state index >= 15 is 4.39 Å². The number of fused-ring (bicyclic) bond motifs is 1. The molecule has 1 aromatic heterocycles. The molecular weight excluding hydrogens is 348 g/mol. The van der Waals surface area contributed by atoms with E-state index in [1.165, 1.54) is 4.57 Å². The molecular formula is C17H19F2N3O4. The van der Waals surface area contributed by atoms with Crippen molar-refractivity contribution in [3.05, 3.63) is 33.6 Å². The third-order valence-electron chi connectivity index (χ3n) is 4.30. The van der Waals surface area contributed by atoms with Gasteiger partial charge in [-0.05, 0) is 26.9 Å². The maximum atomic E-state index is 15.1. The third-order valence-corrected chi connectivity index (χ3v) is 4.30. The van der Waals surface area contributed by atoms with Gasteiger partial charge in [-0.25, -0.2) is 13.6 Å². The summed E-state index contributed by atoms with van der Waals surface area (Å²) in [5.74, 6) is -4.38. The van der Waals surface area contributed by atoms with Crippen LogP contribution >= 0.6 is 0 Å². The Morgan fingerprint density at radius 3 is 2.58 bits per heavy atom. The average Bonchev–Trinajstić information content (AvgIpc) is 3.39. The molecule has 1 heterocycles. The molecule has 3 rings (SSSR count). The molecule has 1 saturated carbocycles. The number of nitrogens with two attached hydrogens (primary N) is 1. The number of hydrogen-bond acceptors (Lipinski definition) is 5. The smallest absolute Gasteiger partial charge is 0.341 e. The topological polar surface area (TPSA) is 97.8 Å². The fourth-order valence-electron chi connectivity index (χ4n) is 2.79. The van der Waals surface area contributed by atoms with E-state index in [4.69, 9.17) is 10.5 Å². The molecule has 0 aliphatic heterocycles. The van der Waals surface area contributed by atoms with Gasteiger partial charge in [0.2, 0.25) is 5.43 Å². The maximum absolute atomic E-state index is 15.1. The van der Waals surface area contributed by atoms with Crippen molar-refractivity contribution in [2.75, 3.05) is 33.0 Å². The summed E-state index contributed by atoms with van der Waals surface area (Å²) in [4.78, 5) is 25.6. The Morgan fingerprint density at radius 1 is 1.38 bits per heavy atom. The highest BCUT2D eigenvalue weighted by Crippen LogP contribution is 2.41. The molecule has 0 amide bonds. The molecule has 0 radical (unpaired) electrons. The Hall–Kier alpha value is -2.68. The number of carboxylic acids is 1. The lowest BCUT2D eigenvalue weighted by Gasteiger charge is -2.18. The Bertz CT molecular complexity index is 952. The first-order valence-corrected chi connectivity index (χ1v) is 8.10. The first-order valence-electron chi connectivity index (χ1n) is 8.10. The molecule has 26 heavy (non-hydrogen) atoms. The summed E-state index contributed by atoms with van der Waals surface area (Å²) in [6.07, 6.45) is 2.49. The van der Waals surface area contributed by atoms with Crippen molar-refractivity contribution in [1.29, 1.82) is 0 Å². The summed E-state index contributed by atoms with van der Waals surface area (Å²) in [6, 6.07) is -0.162. The third kappa shape index (κ3) is 2.98. The molecule has 3 N–H and O–H groups in total. The molecule has 140 valence electrons. The van der Waals surface area contributed by atoms with Gasteiger partial charge < -0.3 is 25.0 Å². The van der Waals surface area contributed by atoms with Crippen molar-refractivity contribution >= 4 is 22.6 Å². The van der Waals surface area contributed by atoms with Crippen molar-refractivity contribution in [3.63, 3.8) is 0 Å². The number of carbonyl (C=O) groups is 1. The van der Waals surface area contributed by atoms with Crippen molar-refractivity contribution in [2.24, 2.45) is 0 Å². The number of halogens is 2. The zero-order valence-electron chi connectivity index (χ0n) is 14.4. The number of rotatable bonds is 6. The van der Waals surface area contributed by atoms with E-state index in [0.29, 0.717) is 19.4 Å². The average molecular weight is 367 g/mol. The summed E-state index contributed by atoms with van der Waals surface area (Å²) in [5.41, 5.74) is 3.32. The van der Waals surface area contributed by atoms with E-state index in [1.807, 2.05) is 0 Å². The molecule has 1 aromatic carbocycles. The molecule has 9 heteroatoms. The molecule has 1 aliphatic rings. The monoisotopic (exact) mass is 367 g/mol. The molecule has 7 nitrogen and oxygen atoms in total. The highest BCUT2D eigenvalue weighted by atomic mass is 19.1. The number of aromatic carboxylic acids is 1. The minimum Gasteiger partial charge on any atom is -0.486 e. The van der Waals surface area contributed by atoms with Crippen LogP contribution in [-0.4, -0.2) is 47.8 Å². The quantitative estimate of drug-likeness (QED) is 0.756. The summed E-state index contributed by atoms with van der Waals surface area (Å²) in [5, 5.41) is 8.77. The number of anilines is 1. The van der Waals surface area contributed by atoms with Crippen LogP contribution in [0.2, 0.25) is 0 Å². The van der Waals surface area contributed by atoms with E-state index in [0.717, 1.165) is 6.20 Å². The summed E-state index contributed by atoms with van der Waals surface area (Å²) in [6.45, 7) is 0.441. The van der Waals surface area contributed by atoms with E-state index in [-0.39, 0.29) is 18.2 Å². The lowest BCUT2D eigenvalue weighted by Crippen LogP contribution is -2.23. The largest absolute Gasteiger partial charge is 0.486 e. The van der Waals surface area contributed by atoms with Crippen molar-refractivity contribution in [1.82, 2.24) is 9.47 Å². The molecule has 0 bridgehead atoms. The SMILES string of the molecule is CN(C)CCOc1c(F)c(N)c2c(=O)c(C(=O)O)cn(C3CC3)c2c1F. The van der Waals surface area contributed by atoms with E-state index < -0.39 is 45.4 Å². The number of pyridine rings is 1. The lowest BCUT2D eigenvalue weighted by molar-refractivity contribution is 0.0695. The van der Waals surface area contributed by atoms with Gasteiger partial charge in [0.05, 0.1) is 16.6 Å². The van der Waals surface area contributed by atoms with Gasteiger partial charge >= 0.3 is 5.97 Å². The van der Waals surface area contributed by atoms with Crippen LogP contribution < -0.4 is 15.9 Å². The molecule has 0 unspecified atom stereocenters. The first kappa shape index (κ1) is 18.1. The van der Waals surface area contributed by atoms with Crippen LogP contribution in [0, 0.1) is 11.6 Å². The van der Waals surface area contributed by atoms with Gasteiger partial charge in [-0.3, -0.25) is 4.79 Å². The van der Waals surface area contributed by atoms with E-state index in [9.17, 15) is 19.1 Å². The number of likely N-dealkylation sites (N-methyl/N-ethyl adjacent to an activating group) is 1. The molecule has 0 spiro atoms. The minimum absolute atomic E-state index is 0.0205. The highest BCUT2D eigenvalue weighted by molar-refractivity contribution is 5.98. The lowest BCUT2D eigenvalue weighted by atomic mass is 10.1. The fraction of sp³-hybridized carbons (Fsp3) is 0.412. The standard InChI is InChI=1S/C17H19F2N3O4/c1-21(2)5-6-26-16-11(18)13(20)10-14(12(16)19)22(8-3-4-8)7-9(15(10)23)17(24)25/h7-8H,3-6,20H2,1-2H3,(H,24,25). The fourth-order valence-corrected chi connectivity index (χ4v) is 2.79. The van der Waals surface area contributed by atoms with Gasteiger partial charge in [0.25, 0.3) is 0 Å². The van der Waals surface area contributed by atoms with Crippen LogP contribution in [0.1, 0.15) is 29.2 Å². The number of ether oxygens (including phenoxy) is 1. The number of aromatic nitrogens is 1. The number of carboxylic acid groups (broad SMARTS) is 1. The number of nitrogen functional groups attached to an aromatic ring is 1. The zero-order valence-corrected chi connectivity index (χ0v) is 14.4. The minimum atomic E-state index is -1.47. The number of hydrogen-bond donors (Lipinski definition) is 2.